The van der Waals surface area contributed by atoms with Gasteiger partial charge in [-0.05, 0) is 36.7 Å². The number of piperazine rings is 2. The van der Waals surface area contributed by atoms with Crippen LogP contribution in [0.5, 0.6) is 0 Å². The summed E-state index contributed by atoms with van der Waals surface area (Å²) in [6.07, 6.45) is -0.299. The number of carbonyl (C=O) groups excluding carboxylic acids is 4. The predicted octanol–water partition coefficient (Wildman–Crippen LogP) is 2.09. The topological polar surface area (TPSA) is 115 Å². The predicted molar refractivity (Wildman–Crippen MR) is 163 cm³/mol. The van der Waals surface area contributed by atoms with E-state index in [4.69, 9.17) is 4.74 Å². The van der Waals surface area contributed by atoms with Gasteiger partial charge in [0.25, 0.3) is 0 Å². The highest BCUT2D eigenvalue weighted by molar-refractivity contribution is 8.44. The van der Waals surface area contributed by atoms with Crippen molar-refractivity contribution in [2.45, 2.75) is 18.4 Å². The summed E-state index contributed by atoms with van der Waals surface area (Å²) in [6, 6.07) is 8.27. The van der Waals surface area contributed by atoms with Gasteiger partial charge in [0, 0.05) is 52.7 Å². The Hall–Kier alpha value is -3.04. The van der Waals surface area contributed by atoms with Crippen molar-refractivity contribution in [1.82, 2.24) is 19.8 Å². The number of nitrogens with zero attached hydrogens (tertiary/aromatic N) is 4. The van der Waals surface area contributed by atoms with E-state index < -0.39 is 33.6 Å². The zero-order valence-corrected chi connectivity index (χ0v) is 25.4. The molecule has 0 saturated carbocycles. The van der Waals surface area contributed by atoms with Gasteiger partial charge in [-0.1, -0.05) is 16.3 Å². The van der Waals surface area contributed by atoms with Crippen LogP contribution in [0, 0.1) is 5.82 Å². The maximum atomic E-state index is 16.0. The molecule has 0 aliphatic carbocycles. The molecule has 1 aromatic heterocycles. The lowest BCUT2D eigenvalue weighted by Crippen LogP contribution is -2.60. The Labute approximate surface area is 250 Å². The molecule has 3 aliphatic rings. The standard InChI is InChI=1S/C28H37FN6O5S2/c1-20(37)31-17-22-19-35(28(39)40-22)21-5-6-24(23(29)16-21)34-8-7-30-18-26(34)42(15-13-36,27(38)25-4-3-14-41-25)33-11-9-32(2)10-12-33/h3-6,13-14,16,22,26,30H,7-12,15,17-19H2,1-2H3,(H,31,37)/t22-,26?/m0/s1. The summed E-state index contributed by atoms with van der Waals surface area (Å²) in [4.78, 5) is 56.7. The minimum atomic E-state index is -2.46. The molecule has 0 spiro atoms. The number of benzene rings is 1. The number of halogens is 1. The minimum absolute atomic E-state index is 0.0464. The van der Waals surface area contributed by atoms with Crippen LogP contribution < -0.4 is 20.4 Å². The molecular weight excluding hydrogens is 583 g/mol. The van der Waals surface area contributed by atoms with Gasteiger partial charge in [-0.3, -0.25) is 18.8 Å². The molecule has 4 heterocycles. The number of rotatable bonds is 9. The minimum Gasteiger partial charge on any atom is -0.442 e. The van der Waals surface area contributed by atoms with Crippen LogP contribution in [0.25, 0.3) is 0 Å². The van der Waals surface area contributed by atoms with Crippen LogP contribution in [-0.2, 0) is 14.3 Å². The number of nitrogens with one attached hydrogen (secondary N) is 2. The van der Waals surface area contributed by atoms with Crippen LogP contribution in [0.15, 0.2) is 35.7 Å². The number of anilines is 2. The van der Waals surface area contributed by atoms with E-state index in [0.29, 0.717) is 49.0 Å². The molecular formula is C28H37FN6O5S2. The number of ether oxygens (including phenoxy) is 1. The Bertz CT molecular complexity index is 1310. The zero-order chi connectivity index (χ0) is 29.9. The summed E-state index contributed by atoms with van der Waals surface area (Å²) < 4.78 is 23.6. The first-order chi connectivity index (χ1) is 20.2. The third-order valence-electron chi connectivity index (χ3n) is 7.94. The van der Waals surface area contributed by atoms with Crippen LogP contribution in [0.2, 0.25) is 0 Å². The smallest absolute Gasteiger partial charge is 0.414 e. The molecule has 1 aromatic carbocycles. The van der Waals surface area contributed by atoms with E-state index in [1.165, 1.54) is 29.2 Å². The number of hydrogen-bond acceptors (Lipinski definition) is 10. The summed E-state index contributed by atoms with van der Waals surface area (Å²) >= 11 is 1.37. The second-order valence-electron chi connectivity index (χ2n) is 10.6. The summed E-state index contributed by atoms with van der Waals surface area (Å²) in [7, 11) is -0.416. The monoisotopic (exact) mass is 620 g/mol. The molecule has 3 fully saturated rings. The number of thiophene rings is 1. The third-order valence-corrected chi connectivity index (χ3v) is 13.1. The summed E-state index contributed by atoms with van der Waals surface area (Å²) in [6.45, 7) is 6.02. The number of cyclic esters (lactones) is 1. The fourth-order valence-electron chi connectivity index (χ4n) is 5.79. The van der Waals surface area contributed by atoms with Crippen LogP contribution in [0.4, 0.5) is 20.6 Å². The Balaban J connectivity index is 1.48. The van der Waals surface area contributed by atoms with Crippen molar-refractivity contribution < 1.29 is 28.3 Å². The fraction of sp³-hybridized carbons (Fsp3) is 0.500. The summed E-state index contributed by atoms with van der Waals surface area (Å²) in [5.41, 5.74) is 0.669. The van der Waals surface area contributed by atoms with E-state index in [9.17, 15) is 19.2 Å². The van der Waals surface area contributed by atoms with Crippen molar-refractivity contribution in [3.05, 3.63) is 46.4 Å². The molecule has 2 N–H and O–H groups in total. The van der Waals surface area contributed by atoms with Crippen molar-refractivity contribution >= 4 is 56.3 Å². The van der Waals surface area contributed by atoms with Crippen molar-refractivity contribution in [3.63, 3.8) is 0 Å². The van der Waals surface area contributed by atoms with Gasteiger partial charge >= 0.3 is 6.09 Å². The third kappa shape index (κ3) is 6.04. The highest BCUT2D eigenvalue weighted by Gasteiger charge is 2.50. The number of aldehydes is 1. The molecule has 5 rings (SSSR count). The Kier molecular flexibility index (Phi) is 9.47. The Morgan fingerprint density at radius 1 is 1.21 bits per heavy atom. The molecule has 0 radical (unpaired) electrons. The van der Waals surface area contributed by atoms with Gasteiger partial charge in [0.1, 0.15) is 18.2 Å². The molecule has 3 aliphatic heterocycles. The molecule has 2 aromatic rings. The van der Waals surface area contributed by atoms with Gasteiger partial charge in [0.2, 0.25) is 11.0 Å². The van der Waals surface area contributed by atoms with Crippen LogP contribution in [-0.4, -0.2) is 116 Å². The maximum absolute atomic E-state index is 16.0. The van der Waals surface area contributed by atoms with Gasteiger partial charge < -0.3 is 30.0 Å². The lowest BCUT2D eigenvalue weighted by atomic mass is 10.2. The van der Waals surface area contributed by atoms with Crippen molar-refractivity contribution in [2.24, 2.45) is 0 Å². The van der Waals surface area contributed by atoms with Crippen molar-refractivity contribution in [1.29, 1.82) is 0 Å². The molecule has 11 nitrogen and oxygen atoms in total. The molecule has 3 atom stereocenters. The SMILES string of the molecule is CC(=O)NC[C@H]1CN(c2ccc(N3CCNCC3S(CC=O)(C(=O)c3cccs3)N3CCN(C)CC3)c(F)c2)C(=O)O1. The lowest BCUT2D eigenvalue weighted by Gasteiger charge is -2.57. The molecule has 42 heavy (non-hydrogen) atoms. The number of amides is 2. The Morgan fingerprint density at radius 3 is 2.67 bits per heavy atom. The van der Waals surface area contributed by atoms with Gasteiger partial charge in [-0.15, -0.1) is 11.3 Å². The van der Waals surface area contributed by atoms with E-state index in [2.05, 4.69) is 19.8 Å². The summed E-state index contributed by atoms with van der Waals surface area (Å²) in [5, 5.41) is 7.41. The second kappa shape index (κ2) is 13.1. The first-order valence-electron chi connectivity index (χ1n) is 14.0. The van der Waals surface area contributed by atoms with Crippen LogP contribution in [0.1, 0.15) is 16.6 Å². The molecule has 3 saturated heterocycles. The summed E-state index contributed by atoms with van der Waals surface area (Å²) in [5.74, 6) is -0.697. The average molecular weight is 621 g/mol. The Morgan fingerprint density at radius 2 is 2.00 bits per heavy atom. The van der Waals surface area contributed by atoms with Crippen LogP contribution in [0.3, 0.4) is 0 Å². The number of carbonyl (C=O) groups is 4. The van der Waals surface area contributed by atoms with E-state index in [0.717, 1.165) is 19.4 Å². The average Bonchev–Trinajstić information content (AvgIpc) is 3.65. The van der Waals surface area contributed by atoms with E-state index >= 15 is 4.39 Å². The first kappa shape index (κ1) is 30.4. The van der Waals surface area contributed by atoms with E-state index in [1.54, 1.807) is 18.2 Å². The van der Waals surface area contributed by atoms with Gasteiger partial charge in [-0.2, -0.15) is 0 Å². The van der Waals surface area contributed by atoms with E-state index in [1.807, 2.05) is 23.4 Å². The van der Waals surface area contributed by atoms with Crippen molar-refractivity contribution in [2.75, 3.05) is 81.5 Å². The quantitative estimate of drug-likeness (QED) is 0.407. The molecule has 2 unspecified atom stereocenters. The zero-order valence-electron chi connectivity index (χ0n) is 23.8. The number of likely N-dealkylation sites (N-methyl/N-ethyl adjacent to an activating group) is 1. The largest absolute Gasteiger partial charge is 0.442 e. The molecule has 14 heteroatoms. The first-order valence-corrected chi connectivity index (χ1v) is 16.7. The van der Waals surface area contributed by atoms with Crippen LogP contribution >= 0.6 is 21.6 Å². The lowest BCUT2D eigenvalue weighted by molar-refractivity contribution is -0.119. The fourth-order valence-corrected chi connectivity index (χ4v) is 10.8. The molecule has 2 amide bonds. The highest BCUT2D eigenvalue weighted by atomic mass is 32.3. The normalized spacial score (nSPS) is 24.1. The number of hydrogen-bond donors (Lipinski definition) is 2. The maximum Gasteiger partial charge on any atom is 0.414 e. The van der Waals surface area contributed by atoms with E-state index in [-0.39, 0.29) is 29.9 Å². The van der Waals surface area contributed by atoms with Crippen molar-refractivity contribution in [3.8, 4) is 0 Å². The van der Waals surface area contributed by atoms with Gasteiger partial charge in [-0.25, -0.2) is 9.18 Å². The molecule has 228 valence electrons. The van der Waals surface area contributed by atoms with Gasteiger partial charge in [0.05, 0.1) is 40.5 Å². The highest BCUT2D eigenvalue weighted by Crippen LogP contribution is 2.60. The second-order valence-corrected chi connectivity index (χ2v) is 14.8. The van der Waals surface area contributed by atoms with Gasteiger partial charge in [0.15, 0.2) is 0 Å². The molecule has 0 bridgehead atoms.